The van der Waals surface area contributed by atoms with Crippen molar-refractivity contribution in [1.29, 1.82) is 0 Å². The van der Waals surface area contributed by atoms with Gasteiger partial charge in [0.05, 0.1) is 25.1 Å². The Morgan fingerprint density at radius 1 is 1.43 bits per heavy atom. The number of ether oxygens (including phenoxy) is 1. The van der Waals surface area contributed by atoms with Crippen molar-refractivity contribution in [3.05, 3.63) is 30.2 Å². The zero-order valence-corrected chi connectivity index (χ0v) is 7.47. The van der Waals surface area contributed by atoms with Gasteiger partial charge in [-0.2, -0.15) is 5.10 Å². The van der Waals surface area contributed by atoms with Gasteiger partial charge >= 0.3 is 5.97 Å². The Kier molecular flexibility index (Phi) is 2.06. The van der Waals surface area contributed by atoms with Crippen molar-refractivity contribution in [2.24, 2.45) is 0 Å². The molecule has 0 fully saturated rings. The van der Waals surface area contributed by atoms with Gasteiger partial charge in [-0.3, -0.25) is 4.98 Å². The van der Waals surface area contributed by atoms with Gasteiger partial charge in [0.1, 0.15) is 5.52 Å². The summed E-state index contributed by atoms with van der Waals surface area (Å²) in [4.78, 5) is 15.2. The normalized spacial score (nSPS) is 10.1. The summed E-state index contributed by atoms with van der Waals surface area (Å²) in [6.07, 6.45) is 4.53. The number of aromatic nitrogens is 3. The molecule has 0 aromatic carbocycles. The van der Waals surface area contributed by atoms with Crippen molar-refractivity contribution in [3.8, 4) is 0 Å². The number of methoxy groups -OCH3 is 1. The van der Waals surface area contributed by atoms with Crippen LogP contribution in [0.3, 0.4) is 0 Å². The molecule has 70 valence electrons. The molecule has 0 spiro atoms. The summed E-state index contributed by atoms with van der Waals surface area (Å²) in [6, 6.07) is 1.70. The van der Waals surface area contributed by atoms with Crippen molar-refractivity contribution in [1.82, 2.24) is 15.2 Å². The monoisotopic (exact) mass is 189 g/mol. The van der Waals surface area contributed by atoms with Crippen LogP contribution >= 0.6 is 0 Å². The van der Waals surface area contributed by atoms with Crippen LogP contribution < -0.4 is 0 Å². The molecule has 2 aromatic heterocycles. The Balaban J connectivity index is 2.71. The van der Waals surface area contributed by atoms with Crippen LogP contribution in [0.1, 0.15) is 10.4 Å². The molecule has 0 aliphatic carbocycles. The topological polar surface area (TPSA) is 65.0 Å². The molecule has 0 N–H and O–H groups in total. The maximum absolute atomic E-state index is 11.3. The standard InChI is InChI=1S/C9H7N3O2/c1-14-9(13)7-4-11-12-8-5-10-3-2-6(7)8/h2-5H,1H3. The highest BCUT2D eigenvalue weighted by Gasteiger charge is 2.10. The Hall–Kier alpha value is -2.04. The van der Waals surface area contributed by atoms with Crippen LogP contribution in [0.4, 0.5) is 0 Å². The summed E-state index contributed by atoms with van der Waals surface area (Å²) in [5, 5.41) is 8.23. The van der Waals surface area contributed by atoms with Crippen LogP contribution in [0.5, 0.6) is 0 Å². The lowest BCUT2D eigenvalue weighted by Gasteiger charge is -2.01. The second kappa shape index (κ2) is 3.37. The van der Waals surface area contributed by atoms with E-state index in [0.29, 0.717) is 16.5 Å². The maximum atomic E-state index is 11.3. The van der Waals surface area contributed by atoms with Gasteiger partial charge in [0, 0.05) is 11.6 Å². The number of hydrogen-bond acceptors (Lipinski definition) is 5. The van der Waals surface area contributed by atoms with Crippen molar-refractivity contribution in [2.75, 3.05) is 7.11 Å². The van der Waals surface area contributed by atoms with E-state index in [1.165, 1.54) is 13.3 Å². The molecule has 5 heteroatoms. The molecule has 2 heterocycles. The summed E-state index contributed by atoms with van der Waals surface area (Å²) in [5.41, 5.74) is 0.982. The third-order valence-electron chi connectivity index (χ3n) is 1.85. The zero-order chi connectivity index (χ0) is 9.97. The lowest BCUT2D eigenvalue weighted by atomic mass is 10.2. The molecule has 5 nitrogen and oxygen atoms in total. The number of esters is 1. The summed E-state index contributed by atoms with van der Waals surface area (Å²) in [7, 11) is 1.33. The zero-order valence-electron chi connectivity index (χ0n) is 7.47. The minimum absolute atomic E-state index is 0.403. The number of rotatable bonds is 1. The summed E-state index contributed by atoms with van der Waals surface area (Å²) in [5.74, 6) is -0.420. The molecular formula is C9H7N3O2. The van der Waals surface area contributed by atoms with Crippen LogP contribution in [0.2, 0.25) is 0 Å². The minimum Gasteiger partial charge on any atom is -0.465 e. The number of nitrogens with zero attached hydrogens (tertiary/aromatic N) is 3. The van der Waals surface area contributed by atoms with Gasteiger partial charge in [0.25, 0.3) is 0 Å². The number of hydrogen-bond donors (Lipinski definition) is 0. The smallest absolute Gasteiger partial charge is 0.340 e. The molecule has 0 radical (unpaired) electrons. The van der Waals surface area contributed by atoms with E-state index in [1.807, 2.05) is 0 Å². The Labute approximate surface area is 79.7 Å². The number of carbonyl (C=O) groups is 1. The van der Waals surface area contributed by atoms with E-state index < -0.39 is 5.97 Å². The van der Waals surface area contributed by atoms with E-state index >= 15 is 0 Å². The minimum atomic E-state index is -0.420. The van der Waals surface area contributed by atoms with Gasteiger partial charge in [0.2, 0.25) is 0 Å². The van der Waals surface area contributed by atoms with E-state index in [4.69, 9.17) is 0 Å². The third-order valence-corrected chi connectivity index (χ3v) is 1.85. The Morgan fingerprint density at radius 3 is 3.07 bits per heavy atom. The van der Waals surface area contributed by atoms with E-state index in [2.05, 4.69) is 19.9 Å². The van der Waals surface area contributed by atoms with Gasteiger partial charge in [-0.25, -0.2) is 4.79 Å². The van der Waals surface area contributed by atoms with E-state index in [-0.39, 0.29) is 0 Å². The SMILES string of the molecule is COC(=O)c1cnnc2cnccc12. The fourth-order valence-corrected chi connectivity index (χ4v) is 1.18. The first kappa shape index (κ1) is 8.55. The number of pyridine rings is 1. The first-order chi connectivity index (χ1) is 6.83. The third kappa shape index (κ3) is 1.28. The predicted molar refractivity (Wildman–Crippen MR) is 48.7 cm³/mol. The largest absolute Gasteiger partial charge is 0.465 e. The predicted octanol–water partition coefficient (Wildman–Crippen LogP) is 0.811. The van der Waals surface area contributed by atoms with E-state index in [0.717, 1.165) is 0 Å². The fourth-order valence-electron chi connectivity index (χ4n) is 1.18. The van der Waals surface area contributed by atoms with Gasteiger partial charge in [-0.15, -0.1) is 5.10 Å². The molecule has 0 atom stereocenters. The first-order valence-electron chi connectivity index (χ1n) is 3.96. The average Bonchev–Trinajstić information content (AvgIpc) is 2.27. The second-order valence-electron chi connectivity index (χ2n) is 2.64. The summed E-state index contributed by atoms with van der Waals surface area (Å²) in [6.45, 7) is 0. The summed E-state index contributed by atoms with van der Waals surface area (Å²) < 4.78 is 4.62. The van der Waals surface area contributed by atoms with Crippen molar-refractivity contribution in [3.63, 3.8) is 0 Å². The molecule has 0 bridgehead atoms. The van der Waals surface area contributed by atoms with Crippen LogP contribution in [0.15, 0.2) is 24.7 Å². The van der Waals surface area contributed by atoms with Crippen LogP contribution in [-0.2, 0) is 4.74 Å². The van der Waals surface area contributed by atoms with Crippen LogP contribution in [0.25, 0.3) is 10.9 Å². The quantitative estimate of drug-likeness (QED) is 0.621. The van der Waals surface area contributed by atoms with Crippen molar-refractivity contribution >= 4 is 16.9 Å². The van der Waals surface area contributed by atoms with Crippen molar-refractivity contribution < 1.29 is 9.53 Å². The first-order valence-corrected chi connectivity index (χ1v) is 3.96. The fraction of sp³-hybridized carbons (Fsp3) is 0.111. The van der Waals surface area contributed by atoms with Crippen LogP contribution in [-0.4, -0.2) is 28.3 Å². The highest BCUT2D eigenvalue weighted by molar-refractivity contribution is 6.02. The molecule has 0 saturated heterocycles. The van der Waals surface area contributed by atoms with Gasteiger partial charge in [0.15, 0.2) is 0 Å². The molecular weight excluding hydrogens is 182 g/mol. The van der Waals surface area contributed by atoms with Gasteiger partial charge in [-0.05, 0) is 6.07 Å². The van der Waals surface area contributed by atoms with E-state index in [1.54, 1.807) is 18.5 Å². The maximum Gasteiger partial charge on any atom is 0.340 e. The lowest BCUT2D eigenvalue weighted by molar-refractivity contribution is 0.0602. The molecule has 2 aromatic rings. The highest BCUT2D eigenvalue weighted by atomic mass is 16.5. The van der Waals surface area contributed by atoms with Crippen LogP contribution in [0, 0.1) is 0 Å². The molecule has 0 aliphatic heterocycles. The van der Waals surface area contributed by atoms with Gasteiger partial charge in [-0.1, -0.05) is 0 Å². The second-order valence-corrected chi connectivity index (χ2v) is 2.64. The summed E-state index contributed by atoms with van der Waals surface area (Å²) >= 11 is 0. The molecule has 0 amide bonds. The highest BCUT2D eigenvalue weighted by Crippen LogP contribution is 2.14. The molecule has 0 unspecified atom stereocenters. The molecule has 0 aliphatic rings. The molecule has 2 rings (SSSR count). The lowest BCUT2D eigenvalue weighted by Crippen LogP contribution is -2.03. The van der Waals surface area contributed by atoms with Gasteiger partial charge < -0.3 is 4.74 Å². The molecule has 14 heavy (non-hydrogen) atoms. The Morgan fingerprint density at radius 2 is 2.29 bits per heavy atom. The van der Waals surface area contributed by atoms with Crippen molar-refractivity contribution in [2.45, 2.75) is 0 Å². The van der Waals surface area contributed by atoms with E-state index in [9.17, 15) is 4.79 Å². The average molecular weight is 189 g/mol. The number of fused-ring (bicyclic) bond motifs is 1. The number of carbonyl (C=O) groups excluding carboxylic acids is 1. The Bertz CT molecular complexity index is 479. The molecule has 0 saturated carbocycles.